The first-order chi connectivity index (χ1) is 9.06. The summed E-state index contributed by atoms with van der Waals surface area (Å²) in [5, 5.41) is 2.05. The molecule has 0 radical (unpaired) electrons. The van der Waals surface area contributed by atoms with Crippen LogP contribution in [0.4, 0.5) is 0 Å². The summed E-state index contributed by atoms with van der Waals surface area (Å²) in [6.07, 6.45) is 5.23. The minimum Gasteiger partial charge on any atom is -0.297 e. The molecule has 0 aliphatic carbocycles. The van der Waals surface area contributed by atoms with Crippen molar-refractivity contribution in [1.82, 2.24) is 4.90 Å². The van der Waals surface area contributed by atoms with Crippen molar-refractivity contribution in [3.63, 3.8) is 0 Å². The van der Waals surface area contributed by atoms with Gasteiger partial charge in [-0.25, -0.2) is 0 Å². The molecule has 2 nitrogen and oxygen atoms in total. The number of thiophene rings is 1. The van der Waals surface area contributed by atoms with Gasteiger partial charge in [-0.05, 0) is 61.3 Å². The van der Waals surface area contributed by atoms with Crippen LogP contribution in [0, 0.1) is 0 Å². The van der Waals surface area contributed by atoms with Crippen molar-refractivity contribution in [2.24, 2.45) is 0 Å². The molecule has 0 aromatic carbocycles. The van der Waals surface area contributed by atoms with Crippen LogP contribution in [0.25, 0.3) is 0 Å². The molecular weight excluding hydrogens is 322 g/mol. The number of Topliss-reactive ketones (excluding diaryl/α,β-unsaturated/α-hetero) is 1. The van der Waals surface area contributed by atoms with Crippen molar-refractivity contribution in [2.75, 3.05) is 13.1 Å². The Balaban J connectivity index is 2.08. The van der Waals surface area contributed by atoms with Crippen LogP contribution in [0.3, 0.4) is 0 Å². The minimum atomic E-state index is -0.281. The summed E-state index contributed by atoms with van der Waals surface area (Å²) < 4.78 is 1.08. The van der Waals surface area contributed by atoms with Crippen molar-refractivity contribution in [2.45, 2.75) is 51.5 Å². The number of likely N-dealkylation sites (tertiary alicyclic amines) is 1. The lowest BCUT2D eigenvalue weighted by atomic mass is 9.87. The highest BCUT2D eigenvalue weighted by Gasteiger charge is 2.37. The Morgan fingerprint density at radius 1 is 1.42 bits per heavy atom. The van der Waals surface area contributed by atoms with Gasteiger partial charge in [0, 0.05) is 21.2 Å². The smallest absolute Gasteiger partial charge is 0.157 e. The zero-order valence-corrected chi connectivity index (χ0v) is 14.1. The summed E-state index contributed by atoms with van der Waals surface area (Å²) >= 11 is 5.12. The average molecular weight is 344 g/mol. The van der Waals surface area contributed by atoms with Crippen LogP contribution in [0.5, 0.6) is 0 Å². The largest absolute Gasteiger partial charge is 0.297 e. The molecular formula is C15H22BrNOS. The molecule has 1 unspecified atom stereocenters. The van der Waals surface area contributed by atoms with E-state index < -0.39 is 0 Å². The molecule has 1 aliphatic heterocycles. The van der Waals surface area contributed by atoms with Gasteiger partial charge in [0.1, 0.15) is 0 Å². The van der Waals surface area contributed by atoms with Gasteiger partial charge in [-0.2, -0.15) is 0 Å². The van der Waals surface area contributed by atoms with Gasteiger partial charge < -0.3 is 0 Å². The Bertz CT molecular complexity index is 439. The van der Waals surface area contributed by atoms with E-state index in [4.69, 9.17) is 0 Å². The van der Waals surface area contributed by atoms with Gasteiger partial charge in [0.2, 0.25) is 0 Å². The maximum atomic E-state index is 12.7. The van der Waals surface area contributed by atoms with Crippen LogP contribution < -0.4 is 0 Å². The number of hydrogen-bond donors (Lipinski definition) is 0. The first kappa shape index (κ1) is 15.2. The van der Waals surface area contributed by atoms with Crippen LogP contribution >= 0.6 is 27.3 Å². The lowest BCUT2D eigenvalue weighted by Crippen LogP contribution is -2.54. The van der Waals surface area contributed by atoms with Gasteiger partial charge in [0.05, 0.1) is 5.54 Å². The van der Waals surface area contributed by atoms with E-state index in [1.54, 1.807) is 11.3 Å². The zero-order chi connectivity index (χ0) is 13.9. The van der Waals surface area contributed by atoms with E-state index in [0.717, 1.165) is 28.9 Å². The van der Waals surface area contributed by atoms with E-state index in [1.807, 2.05) is 5.38 Å². The van der Waals surface area contributed by atoms with E-state index in [0.29, 0.717) is 12.2 Å². The molecule has 1 aromatic rings. The molecule has 0 bridgehead atoms. The minimum absolute atomic E-state index is 0.281. The quantitative estimate of drug-likeness (QED) is 0.795. The van der Waals surface area contributed by atoms with Crippen LogP contribution in [0.1, 0.15) is 44.4 Å². The Morgan fingerprint density at radius 3 is 2.63 bits per heavy atom. The number of nitrogens with zero attached hydrogens (tertiary/aromatic N) is 1. The molecule has 19 heavy (non-hydrogen) atoms. The molecule has 1 fully saturated rings. The number of hydrogen-bond acceptors (Lipinski definition) is 3. The SMILES string of the molecule is CCC(C)(C(=O)Cc1cc(Br)cs1)N1CCCCC1. The summed E-state index contributed by atoms with van der Waals surface area (Å²) in [4.78, 5) is 16.3. The first-order valence-electron chi connectivity index (χ1n) is 7.07. The molecule has 4 heteroatoms. The van der Waals surface area contributed by atoms with Crippen molar-refractivity contribution in [3.8, 4) is 0 Å². The summed E-state index contributed by atoms with van der Waals surface area (Å²) in [6, 6.07) is 2.06. The lowest BCUT2D eigenvalue weighted by molar-refractivity contribution is -0.130. The Hall–Kier alpha value is -0.190. The maximum absolute atomic E-state index is 12.7. The fourth-order valence-corrected chi connectivity index (χ4v) is 4.23. The molecule has 1 aliphatic rings. The van der Waals surface area contributed by atoms with E-state index in [2.05, 4.69) is 40.7 Å². The van der Waals surface area contributed by atoms with Crippen LogP contribution in [0.15, 0.2) is 15.9 Å². The predicted octanol–water partition coefficient (Wildman–Crippen LogP) is 4.28. The average Bonchev–Trinajstić information content (AvgIpc) is 2.84. The molecule has 0 saturated carbocycles. The van der Waals surface area contributed by atoms with E-state index >= 15 is 0 Å². The molecule has 2 heterocycles. The van der Waals surface area contributed by atoms with Crippen molar-refractivity contribution >= 4 is 33.0 Å². The van der Waals surface area contributed by atoms with Crippen LogP contribution in [-0.2, 0) is 11.2 Å². The van der Waals surface area contributed by atoms with Crippen molar-refractivity contribution in [3.05, 3.63) is 20.8 Å². The third kappa shape index (κ3) is 3.47. The monoisotopic (exact) mass is 343 g/mol. The topological polar surface area (TPSA) is 20.3 Å². The Kier molecular flexibility index (Phi) is 5.21. The second-order valence-corrected chi connectivity index (χ2v) is 7.42. The van der Waals surface area contributed by atoms with Gasteiger partial charge in [-0.1, -0.05) is 13.3 Å². The number of ketones is 1. The standard InChI is InChI=1S/C15H22BrNOS/c1-3-15(2,17-7-5-4-6-8-17)14(18)10-13-9-12(16)11-19-13/h9,11H,3-8,10H2,1-2H3. The maximum Gasteiger partial charge on any atom is 0.157 e. The van der Waals surface area contributed by atoms with Crippen LogP contribution in [0.2, 0.25) is 0 Å². The molecule has 0 spiro atoms. The fourth-order valence-electron chi connectivity index (χ4n) is 2.78. The van der Waals surface area contributed by atoms with Crippen molar-refractivity contribution in [1.29, 1.82) is 0 Å². The van der Waals surface area contributed by atoms with Gasteiger partial charge >= 0.3 is 0 Å². The summed E-state index contributed by atoms with van der Waals surface area (Å²) in [7, 11) is 0. The van der Waals surface area contributed by atoms with Crippen LogP contribution in [-0.4, -0.2) is 29.3 Å². The molecule has 106 valence electrons. The normalized spacial score (nSPS) is 20.2. The van der Waals surface area contributed by atoms with E-state index in [-0.39, 0.29) is 5.54 Å². The highest BCUT2D eigenvalue weighted by molar-refractivity contribution is 9.10. The Morgan fingerprint density at radius 2 is 2.11 bits per heavy atom. The predicted molar refractivity (Wildman–Crippen MR) is 84.9 cm³/mol. The highest BCUT2D eigenvalue weighted by atomic mass is 79.9. The number of carbonyl (C=O) groups is 1. The summed E-state index contributed by atoms with van der Waals surface area (Å²) in [5.74, 6) is 0.367. The summed E-state index contributed by atoms with van der Waals surface area (Å²) in [6.45, 7) is 6.41. The molecule has 2 rings (SSSR count). The lowest BCUT2D eigenvalue weighted by Gasteiger charge is -2.41. The third-order valence-corrected chi connectivity index (χ3v) is 6.00. The van der Waals surface area contributed by atoms with Gasteiger partial charge in [0.25, 0.3) is 0 Å². The number of halogens is 1. The van der Waals surface area contributed by atoms with Gasteiger partial charge in [-0.3, -0.25) is 9.69 Å². The molecule has 1 saturated heterocycles. The fraction of sp³-hybridized carbons (Fsp3) is 0.667. The second-order valence-electron chi connectivity index (χ2n) is 5.51. The number of carbonyl (C=O) groups excluding carboxylic acids is 1. The molecule has 0 amide bonds. The van der Waals surface area contributed by atoms with Gasteiger partial charge in [0.15, 0.2) is 5.78 Å². The van der Waals surface area contributed by atoms with E-state index in [1.165, 1.54) is 19.3 Å². The zero-order valence-electron chi connectivity index (χ0n) is 11.7. The first-order valence-corrected chi connectivity index (χ1v) is 8.75. The molecule has 1 aromatic heterocycles. The van der Waals surface area contributed by atoms with Crippen molar-refractivity contribution < 1.29 is 4.79 Å². The summed E-state index contributed by atoms with van der Waals surface area (Å²) in [5.41, 5.74) is -0.281. The second kappa shape index (κ2) is 6.51. The highest BCUT2D eigenvalue weighted by Crippen LogP contribution is 2.28. The van der Waals surface area contributed by atoms with Gasteiger partial charge in [-0.15, -0.1) is 11.3 Å². The number of rotatable bonds is 5. The molecule has 0 N–H and O–H groups in total. The molecule has 1 atom stereocenters. The van der Waals surface area contributed by atoms with E-state index in [9.17, 15) is 4.79 Å². The number of piperidine rings is 1. The third-order valence-electron chi connectivity index (χ3n) is 4.30. The Labute approximate surface area is 128 Å².